The van der Waals surface area contributed by atoms with Gasteiger partial charge < -0.3 is 25.6 Å². The number of methoxy groups -OCH3 is 1. The minimum atomic E-state index is -0.733. The van der Waals surface area contributed by atoms with E-state index in [1.54, 1.807) is 18.1 Å². The molecule has 200 valence electrons. The third-order valence-electron chi connectivity index (χ3n) is 7.01. The normalized spacial score (nSPS) is 17.8. The summed E-state index contributed by atoms with van der Waals surface area (Å²) in [6.07, 6.45) is 1.79. The maximum atomic E-state index is 13.2. The predicted molar refractivity (Wildman–Crippen MR) is 149 cm³/mol. The molecule has 0 unspecified atom stereocenters. The molecule has 7 heteroatoms. The Kier molecular flexibility index (Phi) is 9.54. The number of fused-ring (bicyclic) bond motifs is 1. The second kappa shape index (κ2) is 13.2. The number of benzene rings is 3. The lowest BCUT2D eigenvalue weighted by Crippen LogP contribution is -2.43. The van der Waals surface area contributed by atoms with Crippen LogP contribution in [0.2, 0.25) is 0 Å². The van der Waals surface area contributed by atoms with Crippen LogP contribution in [0.3, 0.4) is 0 Å². The highest BCUT2D eigenvalue weighted by Crippen LogP contribution is 2.44. The van der Waals surface area contributed by atoms with Crippen LogP contribution in [-0.2, 0) is 17.8 Å². The van der Waals surface area contributed by atoms with Gasteiger partial charge in [0.2, 0.25) is 0 Å². The number of hydrogen-bond donors (Lipinski definition) is 3. The minimum absolute atomic E-state index is 0.0992. The zero-order valence-corrected chi connectivity index (χ0v) is 21.8. The number of nitrogens with one attached hydrogen (secondary N) is 1. The van der Waals surface area contributed by atoms with E-state index in [0.29, 0.717) is 25.9 Å². The molecule has 4 N–H and O–H groups in total. The fourth-order valence-corrected chi connectivity index (χ4v) is 4.96. The van der Waals surface area contributed by atoms with Gasteiger partial charge in [0.15, 0.2) is 0 Å². The highest BCUT2D eigenvalue weighted by Gasteiger charge is 2.37. The van der Waals surface area contributed by atoms with Crippen molar-refractivity contribution in [2.75, 3.05) is 20.2 Å². The van der Waals surface area contributed by atoms with E-state index in [2.05, 4.69) is 11.9 Å². The van der Waals surface area contributed by atoms with Gasteiger partial charge >= 0.3 is 6.09 Å². The van der Waals surface area contributed by atoms with Gasteiger partial charge in [-0.1, -0.05) is 72.8 Å². The van der Waals surface area contributed by atoms with Crippen LogP contribution in [0.5, 0.6) is 5.75 Å². The van der Waals surface area contributed by atoms with Gasteiger partial charge in [0.05, 0.1) is 19.3 Å². The SMILES string of the molecule is C=CCN(C(=O)OCc1ccccc1)[C@@H]1C[C@H](NC[C@@H](O)[C@@H](N)Cc2ccccc2)c2cc(OC)ccc21. The molecule has 1 amide bonds. The van der Waals surface area contributed by atoms with Crippen molar-refractivity contribution < 1.29 is 19.4 Å². The Morgan fingerprint density at radius 1 is 1.11 bits per heavy atom. The third-order valence-corrected chi connectivity index (χ3v) is 7.01. The molecule has 0 saturated heterocycles. The quantitative estimate of drug-likeness (QED) is 0.307. The van der Waals surface area contributed by atoms with Gasteiger partial charge in [0.1, 0.15) is 12.4 Å². The van der Waals surface area contributed by atoms with Gasteiger partial charge in [-0.25, -0.2) is 4.79 Å². The van der Waals surface area contributed by atoms with Crippen molar-refractivity contribution in [2.24, 2.45) is 5.73 Å². The van der Waals surface area contributed by atoms with Gasteiger partial charge in [-0.15, -0.1) is 6.58 Å². The topological polar surface area (TPSA) is 97.0 Å². The average Bonchev–Trinajstić information content (AvgIpc) is 3.31. The highest BCUT2D eigenvalue weighted by molar-refractivity contribution is 5.69. The van der Waals surface area contributed by atoms with Gasteiger partial charge in [-0.05, 0) is 47.2 Å². The molecule has 7 nitrogen and oxygen atoms in total. The summed E-state index contributed by atoms with van der Waals surface area (Å²) in [7, 11) is 1.63. The van der Waals surface area contributed by atoms with Crippen LogP contribution >= 0.6 is 0 Å². The van der Waals surface area contributed by atoms with E-state index in [-0.39, 0.29) is 18.7 Å². The van der Waals surface area contributed by atoms with E-state index >= 15 is 0 Å². The van der Waals surface area contributed by atoms with Gasteiger partial charge in [0, 0.05) is 25.2 Å². The summed E-state index contributed by atoms with van der Waals surface area (Å²) in [4.78, 5) is 14.9. The second-order valence-electron chi connectivity index (χ2n) is 9.61. The first-order chi connectivity index (χ1) is 18.5. The molecule has 3 aromatic carbocycles. The van der Waals surface area contributed by atoms with Crippen molar-refractivity contribution in [2.45, 2.75) is 43.7 Å². The van der Waals surface area contributed by atoms with Crippen LogP contribution < -0.4 is 15.8 Å². The average molecular weight is 516 g/mol. The molecular weight excluding hydrogens is 478 g/mol. The first-order valence-corrected chi connectivity index (χ1v) is 13.0. The maximum absolute atomic E-state index is 13.2. The molecule has 4 atom stereocenters. The number of carbonyl (C=O) groups excluding carboxylic acids is 1. The molecule has 4 rings (SSSR count). The van der Waals surface area contributed by atoms with Gasteiger partial charge in [-0.3, -0.25) is 4.90 Å². The fourth-order valence-electron chi connectivity index (χ4n) is 4.96. The summed E-state index contributed by atoms with van der Waals surface area (Å²) < 4.78 is 11.2. The summed E-state index contributed by atoms with van der Waals surface area (Å²) in [5.74, 6) is 0.736. The van der Waals surface area contributed by atoms with E-state index in [4.69, 9.17) is 15.2 Å². The summed E-state index contributed by atoms with van der Waals surface area (Å²) in [6.45, 7) is 4.72. The molecule has 0 heterocycles. The van der Waals surface area contributed by atoms with Crippen molar-refractivity contribution in [1.82, 2.24) is 10.2 Å². The second-order valence-corrected chi connectivity index (χ2v) is 9.61. The molecule has 0 saturated carbocycles. The van der Waals surface area contributed by atoms with Crippen LogP contribution in [0.4, 0.5) is 4.79 Å². The molecule has 0 bridgehead atoms. The summed E-state index contributed by atoms with van der Waals surface area (Å²) in [5, 5.41) is 14.3. The number of rotatable bonds is 12. The lowest BCUT2D eigenvalue weighted by atomic mass is 10.0. The Morgan fingerprint density at radius 3 is 2.45 bits per heavy atom. The number of aliphatic hydroxyl groups is 1. The third kappa shape index (κ3) is 6.81. The lowest BCUT2D eigenvalue weighted by Gasteiger charge is -2.28. The molecule has 0 aliphatic heterocycles. The predicted octanol–water partition coefficient (Wildman–Crippen LogP) is 4.53. The van der Waals surface area contributed by atoms with E-state index in [1.165, 1.54) is 0 Å². The molecule has 38 heavy (non-hydrogen) atoms. The largest absolute Gasteiger partial charge is 0.497 e. The first kappa shape index (κ1) is 27.4. The fraction of sp³-hybridized carbons (Fsp3) is 0.323. The smallest absolute Gasteiger partial charge is 0.410 e. The van der Waals surface area contributed by atoms with E-state index in [9.17, 15) is 9.90 Å². The maximum Gasteiger partial charge on any atom is 0.410 e. The van der Waals surface area contributed by atoms with Crippen LogP contribution in [0.1, 0.15) is 40.8 Å². The van der Waals surface area contributed by atoms with E-state index in [1.807, 2.05) is 78.9 Å². The molecule has 0 spiro atoms. The van der Waals surface area contributed by atoms with Crippen molar-refractivity contribution in [1.29, 1.82) is 0 Å². The zero-order chi connectivity index (χ0) is 26.9. The first-order valence-electron chi connectivity index (χ1n) is 13.0. The van der Waals surface area contributed by atoms with Crippen molar-refractivity contribution in [3.05, 3.63) is 114 Å². The van der Waals surface area contributed by atoms with Crippen LogP contribution in [0.25, 0.3) is 0 Å². The Hall–Kier alpha value is -3.65. The lowest BCUT2D eigenvalue weighted by molar-refractivity contribution is 0.0829. The van der Waals surface area contributed by atoms with Crippen molar-refractivity contribution >= 4 is 6.09 Å². The molecule has 3 aromatic rings. The zero-order valence-electron chi connectivity index (χ0n) is 21.8. The number of amides is 1. The number of ether oxygens (including phenoxy) is 2. The van der Waals surface area contributed by atoms with Crippen molar-refractivity contribution in [3.63, 3.8) is 0 Å². The molecular formula is C31H37N3O4. The molecule has 0 radical (unpaired) electrons. The van der Waals surface area contributed by atoms with Crippen LogP contribution in [-0.4, -0.2) is 48.4 Å². The molecule has 1 aliphatic carbocycles. The number of hydrogen-bond acceptors (Lipinski definition) is 6. The number of nitrogens with two attached hydrogens (primary N) is 1. The Labute approximate surface area is 224 Å². The number of carbonyl (C=O) groups is 1. The van der Waals surface area contributed by atoms with E-state index in [0.717, 1.165) is 28.0 Å². The Morgan fingerprint density at radius 2 is 1.79 bits per heavy atom. The van der Waals surface area contributed by atoms with Crippen molar-refractivity contribution in [3.8, 4) is 5.75 Å². The van der Waals surface area contributed by atoms with E-state index < -0.39 is 18.2 Å². The van der Waals surface area contributed by atoms with Gasteiger partial charge in [0.25, 0.3) is 0 Å². The summed E-state index contributed by atoms with van der Waals surface area (Å²) in [6, 6.07) is 24.7. The summed E-state index contributed by atoms with van der Waals surface area (Å²) >= 11 is 0. The standard InChI is InChI=1S/C31H37N3O4/c1-3-16-34(31(36)38-21-23-12-8-5-9-13-23)29-19-28(26-18-24(37-2)14-15-25(26)29)33-20-30(35)27(32)17-22-10-6-4-7-11-22/h3-15,18,27-30,33,35H,1,16-17,19-21,32H2,2H3/t27-,28-,29+,30+/m0/s1. The minimum Gasteiger partial charge on any atom is -0.497 e. The van der Waals surface area contributed by atoms with Crippen LogP contribution in [0, 0.1) is 0 Å². The molecule has 0 aromatic heterocycles. The van der Waals surface area contributed by atoms with Crippen LogP contribution in [0.15, 0.2) is 91.5 Å². The monoisotopic (exact) mass is 515 g/mol. The Balaban J connectivity index is 1.46. The molecule has 1 aliphatic rings. The molecule has 0 fully saturated rings. The van der Waals surface area contributed by atoms with Gasteiger partial charge in [-0.2, -0.15) is 0 Å². The number of nitrogens with zero attached hydrogens (tertiary/aromatic N) is 1. The highest BCUT2D eigenvalue weighted by atomic mass is 16.6. The Bertz CT molecular complexity index is 1190. The summed E-state index contributed by atoms with van der Waals surface area (Å²) in [5.41, 5.74) is 10.4. The number of aliphatic hydroxyl groups excluding tert-OH is 1.